The first kappa shape index (κ1) is 20.4. The Bertz CT molecular complexity index is 676. The van der Waals surface area contributed by atoms with Crippen LogP contribution >= 0.6 is 0 Å². The van der Waals surface area contributed by atoms with Crippen molar-refractivity contribution in [2.24, 2.45) is 0 Å². The van der Waals surface area contributed by atoms with Crippen LogP contribution in [0.2, 0.25) is 0 Å². The van der Waals surface area contributed by atoms with Crippen molar-refractivity contribution in [2.75, 3.05) is 26.8 Å². The van der Waals surface area contributed by atoms with Gasteiger partial charge in [0.25, 0.3) is 0 Å². The molecule has 0 bridgehead atoms. The summed E-state index contributed by atoms with van der Waals surface area (Å²) in [6.45, 7) is 2.73. The number of hydrogen-bond acceptors (Lipinski definition) is 3. The Morgan fingerprint density at radius 3 is 2.27 bits per heavy atom. The Labute approximate surface area is 152 Å². The van der Waals surface area contributed by atoms with Gasteiger partial charge in [0.1, 0.15) is 0 Å². The Morgan fingerprint density at radius 2 is 1.69 bits per heavy atom. The van der Waals surface area contributed by atoms with E-state index in [1.165, 1.54) is 13.2 Å². The lowest BCUT2D eigenvalue weighted by molar-refractivity contribution is -0.137. The van der Waals surface area contributed by atoms with Crippen LogP contribution in [0.3, 0.4) is 0 Å². The minimum Gasteiger partial charge on any atom is -0.395 e. The SMILES string of the molecule is COC(CN(CCO)[C@@H](C)c1ccccc1)c1cccc(C(F)(F)F)c1. The number of methoxy groups -OCH3 is 1. The molecule has 0 radical (unpaired) electrons. The molecule has 1 N–H and O–H groups in total. The van der Waals surface area contributed by atoms with Crippen molar-refractivity contribution >= 4 is 0 Å². The fraction of sp³-hybridized carbons (Fsp3) is 0.400. The van der Waals surface area contributed by atoms with Crippen LogP contribution in [0.1, 0.15) is 35.8 Å². The average Bonchev–Trinajstić information content (AvgIpc) is 2.64. The molecule has 2 aromatic rings. The number of benzene rings is 2. The summed E-state index contributed by atoms with van der Waals surface area (Å²) in [6.07, 6.45) is -4.92. The highest BCUT2D eigenvalue weighted by Gasteiger charge is 2.31. The second-order valence-corrected chi connectivity index (χ2v) is 6.15. The van der Waals surface area contributed by atoms with Gasteiger partial charge in [-0.15, -0.1) is 0 Å². The van der Waals surface area contributed by atoms with Gasteiger partial charge in [0.15, 0.2) is 0 Å². The van der Waals surface area contributed by atoms with E-state index in [4.69, 9.17) is 4.74 Å². The standard InChI is InChI=1S/C20H24F3NO2/c1-15(16-7-4-3-5-8-16)24(11-12-25)14-19(26-2)17-9-6-10-18(13-17)20(21,22)23/h3-10,13,15,19,25H,11-12,14H2,1-2H3/t15-,19?/m0/s1. The molecular weight excluding hydrogens is 343 g/mol. The zero-order chi connectivity index (χ0) is 19.2. The van der Waals surface area contributed by atoms with E-state index in [1.807, 2.05) is 42.2 Å². The molecule has 0 aliphatic rings. The van der Waals surface area contributed by atoms with Crippen molar-refractivity contribution < 1.29 is 23.0 Å². The summed E-state index contributed by atoms with van der Waals surface area (Å²) >= 11 is 0. The van der Waals surface area contributed by atoms with E-state index in [9.17, 15) is 18.3 Å². The van der Waals surface area contributed by atoms with Crippen molar-refractivity contribution in [2.45, 2.75) is 25.2 Å². The van der Waals surface area contributed by atoms with Crippen molar-refractivity contribution in [3.05, 3.63) is 71.3 Å². The fourth-order valence-corrected chi connectivity index (χ4v) is 2.96. The van der Waals surface area contributed by atoms with Crippen LogP contribution in [0.5, 0.6) is 0 Å². The highest BCUT2D eigenvalue weighted by molar-refractivity contribution is 5.28. The van der Waals surface area contributed by atoms with Crippen LogP contribution in [0.15, 0.2) is 54.6 Å². The maximum atomic E-state index is 13.0. The second-order valence-electron chi connectivity index (χ2n) is 6.15. The smallest absolute Gasteiger partial charge is 0.395 e. The Kier molecular flexibility index (Phi) is 7.20. The van der Waals surface area contributed by atoms with Crippen LogP contribution in [0, 0.1) is 0 Å². The van der Waals surface area contributed by atoms with Gasteiger partial charge < -0.3 is 9.84 Å². The molecule has 6 heteroatoms. The molecule has 26 heavy (non-hydrogen) atoms. The molecule has 2 rings (SSSR count). The molecule has 0 amide bonds. The first-order valence-electron chi connectivity index (χ1n) is 8.46. The predicted molar refractivity (Wildman–Crippen MR) is 94.7 cm³/mol. The Balaban J connectivity index is 2.23. The fourth-order valence-electron chi connectivity index (χ4n) is 2.96. The van der Waals surface area contributed by atoms with Gasteiger partial charge in [-0.1, -0.05) is 42.5 Å². The summed E-state index contributed by atoms with van der Waals surface area (Å²) in [7, 11) is 1.48. The molecule has 1 unspecified atom stereocenters. The topological polar surface area (TPSA) is 32.7 Å². The van der Waals surface area contributed by atoms with E-state index in [1.54, 1.807) is 6.07 Å². The lowest BCUT2D eigenvalue weighted by Crippen LogP contribution is -2.34. The second kappa shape index (κ2) is 9.16. The summed E-state index contributed by atoms with van der Waals surface area (Å²) in [6, 6.07) is 15.0. The van der Waals surface area contributed by atoms with Crippen LogP contribution < -0.4 is 0 Å². The first-order chi connectivity index (χ1) is 12.4. The van der Waals surface area contributed by atoms with Gasteiger partial charge in [-0.05, 0) is 30.2 Å². The monoisotopic (exact) mass is 367 g/mol. The molecule has 0 aromatic heterocycles. The van der Waals surface area contributed by atoms with Gasteiger partial charge in [-0.3, -0.25) is 4.90 Å². The molecule has 0 saturated carbocycles. The highest BCUT2D eigenvalue weighted by Crippen LogP contribution is 2.32. The average molecular weight is 367 g/mol. The summed E-state index contributed by atoms with van der Waals surface area (Å²) in [5.41, 5.74) is 0.840. The lowest BCUT2D eigenvalue weighted by atomic mass is 10.0. The summed E-state index contributed by atoms with van der Waals surface area (Å²) in [5, 5.41) is 9.41. The molecule has 0 heterocycles. The van der Waals surface area contributed by atoms with Crippen LogP contribution in [-0.2, 0) is 10.9 Å². The molecule has 0 saturated heterocycles. The summed E-state index contributed by atoms with van der Waals surface area (Å²) in [5.74, 6) is 0. The van der Waals surface area contributed by atoms with Gasteiger partial charge >= 0.3 is 6.18 Å². The third kappa shape index (κ3) is 5.30. The third-order valence-corrected chi connectivity index (χ3v) is 4.49. The minimum absolute atomic E-state index is 0.00759. The van der Waals surface area contributed by atoms with Gasteiger partial charge in [0.2, 0.25) is 0 Å². The maximum absolute atomic E-state index is 13.0. The molecule has 142 valence electrons. The highest BCUT2D eigenvalue weighted by atomic mass is 19.4. The van der Waals surface area contributed by atoms with E-state index < -0.39 is 17.8 Å². The zero-order valence-electron chi connectivity index (χ0n) is 14.9. The predicted octanol–water partition coefficient (Wildman–Crippen LogP) is 4.45. The van der Waals surface area contributed by atoms with Crippen molar-refractivity contribution in [1.82, 2.24) is 4.90 Å². The number of halogens is 3. The van der Waals surface area contributed by atoms with E-state index in [-0.39, 0.29) is 12.6 Å². The maximum Gasteiger partial charge on any atom is 0.416 e. The number of ether oxygens (including phenoxy) is 1. The zero-order valence-corrected chi connectivity index (χ0v) is 14.9. The molecule has 0 aliphatic carbocycles. The Morgan fingerprint density at radius 1 is 1.04 bits per heavy atom. The van der Waals surface area contributed by atoms with Gasteiger partial charge in [0, 0.05) is 26.2 Å². The number of aliphatic hydroxyl groups is 1. The molecular formula is C20H24F3NO2. The van der Waals surface area contributed by atoms with Gasteiger partial charge in [0.05, 0.1) is 18.3 Å². The summed E-state index contributed by atoms with van der Waals surface area (Å²) < 4.78 is 44.4. The number of rotatable bonds is 8. The van der Waals surface area contributed by atoms with Gasteiger partial charge in [-0.2, -0.15) is 13.2 Å². The molecule has 0 fully saturated rings. The molecule has 3 nitrogen and oxygen atoms in total. The molecule has 2 aromatic carbocycles. The first-order valence-corrected chi connectivity index (χ1v) is 8.46. The Hall–Kier alpha value is -1.89. The third-order valence-electron chi connectivity index (χ3n) is 4.49. The normalized spacial score (nSPS) is 14.4. The largest absolute Gasteiger partial charge is 0.416 e. The number of alkyl halides is 3. The van der Waals surface area contributed by atoms with Gasteiger partial charge in [-0.25, -0.2) is 0 Å². The molecule has 0 spiro atoms. The molecule has 2 atom stereocenters. The van der Waals surface area contributed by atoms with Crippen molar-refractivity contribution in [3.63, 3.8) is 0 Å². The number of aliphatic hydroxyl groups excluding tert-OH is 1. The number of hydrogen-bond donors (Lipinski definition) is 1. The van der Waals surface area contributed by atoms with E-state index >= 15 is 0 Å². The van der Waals surface area contributed by atoms with Crippen molar-refractivity contribution in [3.8, 4) is 0 Å². The number of nitrogens with zero attached hydrogens (tertiary/aromatic N) is 1. The van der Waals surface area contributed by atoms with Crippen LogP contribution in [0.25, 0.3) is 0 Å². The molecule has 0 aliphatic heterocycles. The van der Waals surface area contributed by atoms with Crippen molar-refractivity contribution in [1.29, 1.82) is 0 Å². The minimum atomic E-state index is -4.39. The summed E-state index contributed by atoms with van der Waals surface area (Å²) in [4.78, 5) is 2.00. The van der Waals surface area contributed by atoms with Crippen LogP contribution in [0.4, 0.5) is 13.2 Å². The lowest BCUT2D eigenvalue weighted by Gasteiger charge is -2.32. The quantitative estimate of drug-likeness (QED) is 0.748. The van der Waals surface area contributed by atoms with E-state index in [0.717, 1.165) is 17.7 Å². The van der Waals surface area contributed by atoms with E-state index in [0.29, 0.717) is 18.7 Å². The van der Waals surface area contributed by atoms with E-state index in [2.05, 4.69) is 0 Å². The van der Waals surface area contributed by atoms with Crippen LogP contribution in [-0.4, -0.2) is 36.8 Å².